The maximum absolute atomic E-state index is 14.2. The zero-order valence-corrected chi connectivity index (χ0v) is 59.0. The molecule has 5 aliphatic rings. The number of carboxylic acid groups (broad SMARTS) is 1. The molecule has 11 unspecified atom stereocenters. The Kier molecular flexibility index (Phi) is 31.0. The summed E-state index contributed by atoms with van der Waals surface area (Å²) < 4.78 is 48.7. The first-order valence-electron chi connectivity index (χ1n) is 33.6. The molecule has 0 saturated carbocycles. The Hall–Kier alpha value is -4.72. The summed E-state index contributed by atoms with van der Waals surface area (Å²) in [5.41, 5.74) is 2.02. The predicted molar refractivity (Wildman–Crippen MR) is 352 cm³/mol. The third kappa shape index (κ3) is 21.9. The van der Waals surface area contributed by atoms with E-state index in [9.17, 15) is 59.4 Å². The lowest BCUT2D eigenvalue weighted by Gasteiger charge is -2.49. The Balaban J connectivity index is 0.000000350. The van der Waals surface area contributed by atoms with Gasteiger partial charge in [-0.25, -0.2) is 9.78 Å². The van der Waals surface area contributed by atoms with Gasteiger partial charge in [0, 0.05) is 80.9 Å². The third-order valence-corrected chi connectivity index (χ3v) is 20.7. The van der Waals surface area contributed by atoms with Crippen molar-refractivity contribution in [2.75, 3.05) is 39.0 Å². The second-order valence-electron chi connectivity index (χ2n) is 27.5. The number of nitrogens with one attached hydrogen (secondary N) is 2. The highest BCUT2D eigenvalue weighted by atomic mass is 32.2. The van der Waals surface area contributed by atoms with E-state index in [0.29, 0.717) is 37.9 Å². The van der Waals surface area contributed by atoms with Gasteiger partial charge in [-0.15, -0.1) is 0 Å². The van der Waals surface area contributed by atoms with Crippen LogP contribution in [0.1, 0.15) is 165 Å². The van der Waals surface area contributed by atoms with E-state index in [4.69, 9.17) is 48.4 Å². The van der Waals surface area contributed by atoms with Crippen LogP contribution in [0.5, 0.6) is 0 Å². The number of hydrogen-bond donors (Lipinski definition) is 10. The average molecular weight is 1370 g/mol. The SMILES string of the molecule is CC[C@H]1OC(=O)C2C(SCCC(=O)O)CCN2C(=O)c2coc(n2)CC(=O)C[C@H](O)/C=C(C)/C=C/CNC(=O)/C=C/[C@H]1C.CC[C@H]1OC(=O)[C@H](C)[C@@H](OC2CC(C)(OC)C(O)C(C)O2)C(C)[C@@H](OC2OC(C)CC(C)C2O)[C@](C)(O)C[C@@H](C)[C@H](NCCN)[C@H](C)[C@@H](O)[C@]1(C)O. The van der Waals surface area contributed by atoms with Gasteiger partial charge in [0.2, 0.25) is 11.8 Å². The molecule has 4 fully saturated rings. The Labute approximate surface area is 564 Å². The summed E-state index contributed by atoms with van der Waals surface area (Å²) in [4.78, 5) is 82.8. The number of methoxy groups -OCH3 is 1. The van der Waals surface area contributed by atoms with Crippen LogP contribution in [-0.2, 0) is 63.6 Å². The van der Waals surface area contributed by atoms with Gasteiger partial charge in [-0.3, -0.25) is 24.0 Å². The number of aliphatic hydroxyl groups excluding tert-OH is 4. The Morgan fingerprint density at radius 2 is 1.59 bits per heavy atom. The highest BCUT2D eigenvalue weighted by Gasteiger charge is 2.54. The number of aliphatic carboxylic acids is 1. The molecule has 95 heavy (non-hydrogen) atoms. The monoisotopic (exact) mass is 1370 g/mol. The Morgan fingerprint density at radius 3 is 2.23 bits per heavy atom. The maximum Gasteiger partial charge on any atom is 0.330 e. The topological polar surface area (TPSA) is 388 Å². The zero-order valence-electron chi connectivity index (χ0n) is 58.2. The number of nitrogens with zero attached hydrogens (tertiary/aromatic N) is 2. The molecule has 0 aromatic carbocycles. The van der Waals surface area contributed by atoms with Crippen LogP contribution in [0, 0.1) is 35.5 Å². The molecule has 2 bridgehead atoms. The van der Waals surface area contributed by atoms with Gasteiger partial charge in [-0.05, 0) is 98.5 Å². The number of oxazole rings is 1. The van der Waals surface area contributed by atoms with Gasteiger partial charge in [0.25, 0.3) is 5.91 Å². The number of hydrogen-bond acceptors (Lipinski definition) is 24. The zero-order chi connectivity index (χ0) is 71.0. The van der Waals surface area contributed by atoms with Gasteiger partial charge >= 0.3 is 17.9 Å². The number of rotatable bonds is 14. The van der Waals surface area contributed by atoms with E-state index in [1.807, 2.05) is 48.5 Å². The van der Waals surface area contributed by atoms with Gasteiger partial charge in [-0.1, -0.05) is 78.3 Å². The van der Waals surface area contributed by atoms with E-state index in [0.717, 1.165) is 6.26 Å². The fourth-order valence-electron chi connectivity index (χ4n) is 13.9. The van der Waals surface area contributed by atoms with Gasteiger partial charge in [-0.2, -0.15) is 11.8 Å². The van der Waals surface area contributed by atoms with E-state index in [-0.39, 0.29) is 105 Å². The molecule has 540 valence electrons. The molecule has 0 aliphatic carbocycles. The summed E-state index contributed by atoms with van der Waals surface area (Å²) in [5, 5.41) is 83.5. The minimum Gasteiger partial charge on any atom is -0.481 e. The van der Waals surface area contributed by atoms with Crippen LogP contribution in [0.2, 0.25) is 0 Å². The van der Waals surface area contributed by atoms with E-state index in [1.165, 1.54) is 42.8 Å². The van der Waals surface area contributed by atoms with Crippen LogP contribution >= 0.6 is 11.8 Å². The van der Waals surface area contributed by atoms with Crippen molar-refractivity contribution in [3.05, 3.63) is 53.8 Å². The van der Waals surface area contributed by atoms with Gasteiger partial charge < -0.3 is 94.6 Å². The van der Waals surface area contributed by atoms with Crippen LogP contribution in [0.15, 0.2) is 46.6 Å². The predicted octanol–water partition coefficient (Wildman–Crippen LogP) is 4.31. The molecule has 0 spiro atoms. The standard InChI is InChI=1S/C38H72N2O12.C30H39N3O9S/c1-13-26-38(11,46)31(42)22(5)28(40-15-14-39)20(3)17-36(9,45)33(52-35-29(41)19(2)16-21(4)48-35)23(6)30(24(7)34(44)50-26)51-27-18-37(10,47-12)32(43)25(8)49-27;1-4-23-19(3)7-8-25(36)31-11-5-6-18(2)14-20(34)15-21(35)16-26-32-22(17-41-26)29(39)33-12-9-24(28(33)30(40)42-23)43-13-10-27(37)38/h19-33,35,40-43,45-46H,13-18,39H2,1-12H3;5-8,14,17,19-20,23-24,28,34H,4,9-13,15-16H2,1-3H3,(H,31,36)(H,37,38)/b;6-5+,8-7+,18-14+/t19?,20-,21?,22+,23?,24-,25?,26-,27?,28+,29?,30+,31-,32?,33-,35?,36-,37?,38-;19-,20-,23-,24?,28?/m11/s1. The molecule has 6 heterocycles. The van der Waals surface area contributed by atoms with Crippen LogP contribution in [0.3, 0.4) is 0 Å². The molecular weight excluding hydrogens is 1250 g/mol. The molecule has 5 aliphatic heterocycles. The van der Waals surface area contributed by atoms with Crippen molar-refractivity contribution in [1.29, 1.82) is 0 Å². The van der Waals surface area contributed by atoms with Gasteiger partial charge in [0.1, 0.15) is 48.1 Å². The maximum atomic E-state index is 14.2. The number of esters is 2. The number of carbonyl (C=O) groups is 6. The van der Waals surface area contributed by atoms with Crippen molar-refractivity contribution >= 4 is 47.3 Å². The average Bonchev–Trinajstić information content (AvgIpc) is 1.76. The molecule has 0 radical (unpaired) electrons. The van der Waals surface area contributed by atoms with Gasteiger partial charge in [0.05, 0.1) is 66.6 Å². The smallest absolute Gasteiger partial charge is 0.330 e. The van der Waals surface area contributed by atoms with Crippen LogP contribution in [0.4, 0.5) is 0 Å². The Morgan fingerprint density at radius 1 is 0.895 bits per heavy atom. The lowest BCUT2D eigenvalue weighted by Crippen LogP contribution is -2.61. The van der Waals surface area contributed by atoms with E-state index >= 15 is 0 Å². The van der Waals surface area contributed by atoms with Crippen molar-refractivity contribution in [3.63, 3.8) is 0 Å². The molecule has 27 heteroatoms. The molecule has 1 aromatic rings. The molecule has 11 N–H and O–H groups in total. The van der Waals surface area contributed by atoms with Crippen molar-refractivity contribution in [2.24, 2.45) is 41.2 Å². The number of thioether (sulfide) groups is 1. The number of aliphatic hydroxyl groups is 6. The van der Waals surface area contributed by atoms with Crippen molar-refractivity contribution in [1.82, 2.24) is 20.5 Å². The second-order valence-corrected chi connectivity index (χ2v) is 28.8. The largest absolute Gasteiger partial charge is 0.481 e. The quantitative estimate of drug-likeness (QED) is 0.116. The molecule has 6 rings (SSSR count). The molecule has 24 atom stereocenters. The molecule has 4 saturated heterocycles. The van der Waals surface area contributed by atoms with Crippen molar-refractivity contribution < 1.29 is 102 Å². The first-order chi connectivity index (χ1) is 44.5. The summed E-state index contributed by atoms with van der Waals surface area (Å²) in [7, 11) is 1.50. The van der Waals surface area contributed by atoms with E-state index in [1.54, 1.807) is 59.8 Å². The fourth-order valence-corrected chi connectivity index (χ4v) is 15.2. The first kappa shape index (κ1) is 81.0. The minimum absolute atomic E-state index is 0.00708. The summed E-state index contributed by atoms with van der Waals surface area (Å²) in [5.74, 6) is -6.41. The number of allylic oxidation sites excluding steroid dienone is 2. The van der Waals surface area contributed by atoms with E-state index < -0.39 is 143 Å². The Bertz CT molecular complexity index is 2760. The molecule has 1 aromatic heterocycles. The summed E-state index contributed by atoms with van der Waals surface area (Å²) in [6.07, 6.45) is -0.396. The fraction of sp³-hybridized carbons (Fsp3) is 0.779. The lowest BCUT2D eigenvalue weighted by molar-refractivity contribution is -0.318. The third-order valence-electron chi connectivity index (χ3n) is 19.4. The normalized spacial score (nSPS) is 40.7. The lowest BCUT2D eigenvalue weighted by atomic mass is 9.72. The molecule has 26 nitrogen and oxygen atoms in total. The number of nitrogens with two attached hydrogens (primary N) is 1. The highest BCUT2D eigenvalue weighted by molar-refractivity contribution is 8.00. The first-order valence-corrected chi connectivity index (χ1v) is 34.7. The number of amides is 2. The minimum atomic E-state index is -1.84. The number of ketones is 1. The molecule has 2 amide bonds. The van der Waals surface area contributed by atoms with E-state index in [2.05, 4.69) is 15.6 Å². The summed E-state index contributed by atoms with van der Waals surface area (Å²) in [6.45, 7) is 26.0. The van der Waals surface area contributed by atoms with Crippen molar-refractivity contribution in [3.8, 4) is 0 Å². The molecular formula is C68H111N5O21S. The highest BCUT2D eigenvalue weighted by Crippen LogP contribution is 2.42. The summed E-state index contributed by atoms with van der Waals surface area (Å²) in [6, 6.07) is -1.44. The number of carbonyl (C=O) groups excluding carboxylic acids is 5. The number of aromatic nitrogens is 1. The number of fused-ring (bicyclic) bond motifs is 3. The number of cyclic esters (lactones) is 2. The van der Waals surface area contributed by atoms with Crippen LogP contribution < -0.4 is 16.4 Å². The number of Topliss-reactive ketones (excluding diaryl/α,β-unsaturated/α-hetero) is 1. The van der Waals surface area contributed by atoms with Crippen LogP contribution in [0.25, 0.3) is 0 Å². The van der Waals surface area contributed by atoms with Crippen molar-refractivity contribution in [2.45, 2.75) is 262 Å². The summed E-state index contributed by atoms with van der Waals surface area (Å²) >= 11 is 1.29. The number of carboxylic acids is 1. The van der Waals surface area contributed by atoms with Crippen LogP contribution in [-0.4, -0.2) is 228 Å². The van der Waals surface area contributed by atoms with Gasteiger partial charge in [0.15, 0.2) is 18.3 Å². The second kappa shape index (κ2) is 36.4. The number of ether oxygens (including phenoxy) is 7.